The van der Waals surface area contributed by atoms with E-state index in [1.807, 2.05) is 42.5 Å². The molecule has 0 bridgehead atoms. The monoisotopic (exact) mass is 672 g/mol. The molecule has 7 aromatic carbocycles. The largest absolute Gasteiger partial charge is 0.457 e. The third-order valence-corrected chi connectivity index (χ3v) is 9.98. The van der Waals surface area contributed by atoms with Crippen molar-refractivity contribution in [1.29, 1.82) is 0 Å². The molecule has 252 valence electrons. The molecule has 1 heterocycles. The van der Waals surface area contributed by atoms with Crippen molar-refractivity contribution in [2.75, 3.05) is 0 Å². The third-order valence-electron chi connectivity index (χ3n) is 9.98. The molecule has 0 radical (unpaired) electrons. The molecule has 0 aliphatic carbocycles. The molecule has 1 atom stereocenters. The Kier molecular flexibility index (Phi) is 9.16. The first-order chi connectivity index (χ1) is 25.5. The minimum Gasteiger partial charge on any atom is -0.457 e. The van der Waals surface area contributed by atoms with Crippen molar-refractivity contribution in [1.82, 2.24) is 0 Å². The van der Waals surface area contributed by atoms with Gasteiger partial charge in [-0.25, -0.2) is 4.99 Å². The highest BCUT2D eigenvalue weighted by molar-refractivity contribution is 6.14. The van der Waals surface area contributed by atoms with Crippen molar-refractivity contribution < 1.29 is 4.74 Å². The van der Waals surface area contributed by atoms with Crippen molar-refractivity contribution in [3.8, 4) is 44.9 Å². The van der Waals surface area contributed by atoms with Gasteiger partial charge in [0.1, 0.15) is 11.5 Å². The van der Waals surface area contributed by atoms with Crippen LogP contribution in [0.25, 0.3) is 33.4 Å². The normalized spacial score (nSPS) is 14.0. The number of amidine groups is 1. The van der Waals surface area contributed by atoms with Crippen LogP contribution in [0.1, 0.15) is 45.8 Å². The topological polar surface area (TPSA) is 34.0 Å². The number of para-hydroxylation sites is 1. The Hall–Kier alpha value is -6.32. The average Bonchev–Trinajstić information content (AvgIpc) is 3.20. The number of hydrogen-bond donors (Lipinski definition) is 0. The third kappa shape index (κ3) is 6.74. The number of hydrogen-bond acceptors (Lipinski definition) is 3. The van der Waals surface area contributed by atoms with Crippen molar-refractivity contribution in [3.63, 3.8) is 0 Å². The highest BCUT2D eigenvalue weighted by Gasteiger charge is 2.23. The van der Waals surface area contributed by atoms with Crippen LogP contribution >= 0.6 is 0 Å². The molecule has 0 amide bonds. The molecule has 3 nitrogen and oxygen atoms in total. The lowest BCUT2D eigenvalue weighted by Gasteiger charge is -2.22. The van der Waals surface area contributed by atoms with Gasteiger partial charge in [-0.1, -0.05) is 146 Å². The van der Waals surface area contributed by atoms with E-state index in [2.05, 4.69) is 148 Å². The van der Waals surface area contributed by atoms with E-state index in [-0.39, 0.29) is 6.04 Å². The second-order valence-corrected chi connectivity index (χ2v) is 13.5. The minimum atomic E-state index is -0.0859. The van der Waals surface area contributed by atoms with Gasteiger partial charge in [-0.2, -0.15) is 0 Å². The molecule has 3 heteroatoms. The van der Waals surface area contributed by atoms with E-state index in [1.165, 1.54) is 22.3 Å². The number of rotatable bonds is 8. The van der Waals surface area contributed by atoms with Gasteiger partial charge in [-0.05, 0) is 106 Å². The first-order valence-corrected chi connectivity index (χ1v) is 17.9. The predicted octanol–water partition coefficient (Wildman–Crippen LogP) is 12.8. The zero-order valence-electron chi connectivity index (χ0n) is 29.8. The van der Waals surface area contributed by atoms with Crippen LogP contribution in [-0.4, -0.2) is 11.5 Å². The van der Waals surface area contributed by atoms with Gasteiger partial charge in [0.2, 0.25) is 0 Å². The molecule has 1 aliphatic heterocycles. The standard InChI is InChI=1S/C49H40N2O/c1-33-17-10-12-25-41(33)42-26-13-14-27-43(42)44-30-40(31-48(35(44)3)52-47-28-15-11-18-34(47)2)38-23-16-24-39(29-38)46-32-45(36-19-6-4-7-20-36)50-49(51-46)37-21-8-5-9-22-37/h4-31,46H,32H2,1-3H3. The molecule has 1 unspecified atom stereocenters. The molecule has 7 aromatic rings. The Morgan fingerprint density at radius 2 is 1.06 bits per heavy atom. The summed E-state index contributed by atoms with van der Waals surface area (Å²) in [6.45, 7) is 6.44. The van der Waals surface area contributed by atoms with Gasteiger partial charge in [-0.15, -0.1) is 0 Å². The zero-order chi connectivity index (χ0) is 35.4. The van der Waals surface area contributed by atoms with Gasteiger partial charge >= 0.3 is 0 Å². The molecule has 0 aromatic heterocycles. The first kappa shape index (κ1) is 32.9. The van der Waals surface area contributed by atoms with Crippen LogP contribution in [0.2, 0.25) is 0 Å². The summed E-state index contributed by atoms with van der Waals surface area (Å²) in [4.78, 5) is 10.3. The van der Waals surface area contributed by atoms with E-state index < -0.39 is 0 Å². The van der Waals surface area contributed by atoms with Crippen molar-refractivity contribution in [2.24, 2.45) is 9.98 Å². The number of aryl methyl sites for hydroxylation is 2. The Balaban J connectivity index is 1.26. The fourth-order valence-corrected chi connectivity index (χ4v) is 7.09. The maximum Gasteiger partial charge on any atom is 0.155 e. The van der Waals surface area contributed by atoms with E-state index in [0.717, 1.165) is 67.6 Å². The quantitative estimate of drug-likeness (QED) is 0.158. The van der Waals surface area contributed by atoms with Gasteiger partial charge in [0.05, 0.1) is 11.8 Å². The van der Waals surface area contributed by atoms with Gasteiger partial charge < -0.3 is 4.74 Å². The molecule has 8 rings (SSSR count). The summed E-state index contributed by atoms with van der Waals surface area (Å²) in [6, 6.07) is 59.6. The van der Waals surface area contributed by atoms with Crippen LogP contribution in [0.3, 0.4) is 0 Å². The minimum absolute atomic E-state index is 0.0859. The average molecular weight is 673 g/mol. The summed E-state index contributed by atoms with van der Waals surface area (Å²) in [5.74, 6) is 2.46. The summed E-state index contributed by atoms with van der Waals surface area (Å²) >= 11 is 0. The number of nitrogens with zero attached hydrogens (tertiary/aromatic N) is 2. The zero-order valence-corrected chi connectivity index (χ0v) is 29.8. The number of ether oxygens (including phenoxy) is 1. The van der Waals surface area contributed by atoms with E-state index in [1.54, 1.807) is 0 Å². The van der Waals surface area contributed by atoms with Gasteiger partial charge in [0.15, 0.2) is 5.84 Å². The number of benzene rings is 7. The first-order valence-electron chi connectivity index (χ1n) is 17.9. The summed E-state index contributed by atoms with van der Waals surface area (Å²) < 4.78 is 6.77. The Morgan fingerprint density at radius 1 is 0.462 bits per heavy atom. The second-order valence-electron chi connectivity index (χ2n) is 13.5. The summed E-state index contributed by atoms with van der Waals surface area (Å²) in [5, 5.41) is 0. The molecular formula is C49H40N2O. The lowest BCUT2D eigenvalue weighted by Crippen LogP contribution is -2.17. The molecule has 0 N–H and O–H groups in total. The van der Waals surface area contributed by atoms with Gasteiger partial charge in [0, 0.05) is 12.0 Å². The SMILES string of the molecule is Cc1ccccc1Oc1cc(-c2cccc(C3CC(c4ccccc4)=NC(c4ccccc4)=N3)c2)cc(-c2ccccc2-c2ccccc2C)c1C. The highest BCUT2D eigenvalue weighted by Crippen LogP contribution is 2.43. The van der Waals surface area contributed by atoms with Crippen LogP contribution in [0.5, 0.6) is 11.5 Å². The van der Waals surface area contributed by atoms with E-state index >= 15 is 0 Å². The van der Waals surface area contributed by atoms with Crippen molar-refractivity contribution >= 4 is 11.5 Å². The van der Waals surface area contributed by atoms with Crippen LogP contribution in [0.4, 0.5) is 0 Å². The van der Waals surface area contributed by atoms with Crippen LogP contribution < -0.4 is 4.74 Å². The Labute approximate surface area is 306 Å². The number of aliphatic imine (C=N–C) groups is 2. The lowest BCUT2D eigenvalue weighted by molar-refractivity contribution is 0.476. The van der Waals surface area contributed by atoms with Crippen LogP contribution in [0.15, 0.2) is 180 Å². The Bertz CT molecular complexity index is 2440. The molecule has 0 saturated carbocycles. The molecular weight excluding hydrogens is 633 g/mol. The Morgan fingerprint density at radius 3 is 1.77 bits per heavy atom. The van der Waals surface area contributed by atoms with Crippen molar-refractivity contribution in [3.05, 3.63) is 203 Å². The summed E-state index contributed by atoms with van der Waals surface area (Å²) in [7, 11) is 0. The van der Waals surface area contributed by atoms with Crippen LogP contribution in [-0.2, 0) is 0 Å². The summed E-state index contributed by atoms with van der Waals surface area (Å²) in [6.07, 6.45) is 0.717. The van der Waals surface area contributed by atoms with Crippen LogP contribution in [0, 0.1) is 20.8 Å². The lowest BCUT2D eigenvalue weighted by atomic mass is 9.87. The molecule has 0 saturated heterocycles. The fraction of sp³-hybridized carbons (Fsp3) is 0.102. The summed E-state index contributed by atoms with van der Waals surface area (Å²) in [5.41, 5.74) is 14.7. The van der Waals surface area contributed by atoms with E-state index in [9.17, 15) is 0 Å². The van der Waals surface area contributed by atoms with Gasteiger partial charge in [0.25, 0.3) is 0 Å². The smallest absolute Gasteiger partial charge is 0.155 e. The maximum absolute atomic E-state index is 6.77. The molecule has 0 spiro atoms. The van der Waals surface area contributed by atoms with E-state index in [4.69, 9.17) is 14.7 Å². The second kappa shape index (κ2) is 14.5. The molecule has 0 fully saturated rings. The molecule has 52 heavy (non-hydrogen) atoms. The highest BCUT2D eigenvalue weighted by atomic mass is 16.5. The van der Waals surface area contributed by atoms with Gasteiger partial charge in [-0.3, -0.25) is 4.99 Å². The van der Waals surface area contributed by atoms with E-state index in [0.29, 0.717) is 6.42 Å². The maximum atomic E-state index is 6.77. The fourth-order valence-electron chi connectivity index (χ4n) is 7.09. The van der Waals surface area contributed by atoms with Crippen molar-refractivity contribution in [2.45, 2.75) is 33.2 Å². The predicted molar refractivity (Wildman–Crippen MR) is 217 cm³/mol. The molecule has 1 aliphatic rings.